The van der Waals surface area contributed by atoms with Gasteiger partial charge in [0.2, 0.25) is 0 Å². The molecule has 1 atom stereocenters. The molecule has 118 valence electrons. The van der Waals surface area contributed by atoms with Crippen molar-refractivity contribution < 1.29 is 0 Å². The van der Waals surface area contributed by atoms with E-state index in [0.717, 1.165) is 12.5 Å². The molecule has 21 heavy (non-hydrogen) atoms. The summed E-state index contributed by atoms with van der Waals surface area (Å²) in [5.41, 5.74) is 2.86. The first-order chi connectivity index (χ1) is 10.2. The summed E-state index contributed by atoms with van der Waals surface area (Å²) in [7, 11) is 0. The number of hydrogen-bond acceptors (Lipinski definition) is 2. The minimum Gasteiger partial charge on any atom is -0.309 e. The third-order valence-electron chi connectivity index (χ3n) is 4.77. The number of nitrogens with zero attached hydrogens (tertiary/aromatic N) is 1. The largest absolute Gasteiger partial charge is 0.309 e. The van der Waals surface area contributed by atoms with E-state index in [0.29, 0.717) is 6.04 Å². The van der Waals surface area contributed by atoms with Crippen molar-refractivity contribution in [3.8, 4) is 0 Å². The van der Waals surface area contributed by atoms with Gasteiger partial charge in [0.15, 0.2) is 0 Å². The van der Waals surface area contributed by atoms with E-state index in [1.165, 1.54) is 56.4 Å². The molecule has 2 heteroatoms. The third-order valence-corrected chi connectivity index (χ3v) is 4.77. The lowest BCUT2D eigenvalue weighted by Crippen LogP contribution is -2.38. The van der Waals surface area contributed by atoms with E-state index < -0.39 is 0 Å². The number of piperidine rings is 1. The molecule has 0 amide bonds. The Morgan fingerprint density at radius 2 is 1.86 bits per heavy atom. The van der Waals surface area contributed by atoms with Gasteiger partial charge in [0.1, 0.15) is 0 Å². The average molecular weight is 288 g/mol. The second kappa shape index (κ2) is 8.55. The van der Waals surface area contributed by atoms with E-state index in [-0.39, 0.29) is 0 Å². The molecule has 1 aliphatic rings. The first-order valence-electron chi connectivity index (χ1n) is 8.73. The molecule has 1 saturated heterocycles. The lowest BCUT2D eigenvalue weighted by Gasteiger charge is -2.30. The Labute approximate surface area is 130 Å². The standard InChI is InChI=1S/C19H32N2/c1-4-5-18-6-8-19(9-7-18)17(3)20-12-15-21-13-10-16(2)11-14-21/h6-9,16-17,20H,4-5,10-15H2,1-3H3. The molecular weight excluding hydrogens is 256 g/mol. The fraction of sp³-hybridized carbons (Fsp3) is 0.684. The van der Waals surface area contributed by atoms with Crippen LogP contribution in [0.25, 0.3) is 0 Å². The van der Waals surface area contributed by atoms with Crippen molar-refractivity contribution in [1.82, 2.24) is 10.2 Å². The van der Waals surface area contributed by atoms with Crippen molar-refractivity contribution in [3.63, 3.8) is 0 Å². The Bertz CT molecular complexity index is 391. The number of nitrogens with one attached hydrogen (secondary N) is 1. The van der Waals surface area contributed by atoms with Gasteiger partial charge >= 0.3 is 0 Å². The molecule has 0 aromatic heterocycles. The molecular formula is C19H32N2. The van der Waals surface area contributed by atoms with Crippen molar-refractivity contribution >= 4 is 0 Å². The average Bonchev–Trinajstić information content (AvgIpc) is 2.50. The zero-order valence-electron chi connectivity index (χ0n) is 14.1. The lowest BCUT2D eigenvalue weighted by molar-refractivity contribution is 0.191. The number of hydrogen-bond donors (Lipinski definition) is 1. The highest BCUT2D eigenvalue weighted by Gasteiger charge is 2.15. The van der Waals surface area contributed by atoms with Crippen LogP contribution in [0.2, 0.25) is 0 Å². The number of benzene rings is 1. The van der Waals surface area contributed by atoms with E-state index in [1.807, 2.05) is 0 Å². The van der Waals surface area contributed by atoms with E-state index in [4.69, 9.17) is 0 Å². The Morgan fingerprint density at radius 3 is 2.48 bits per heavy atom. The molecule has 0 radical (unpaired) electrons. The molecule has 1 aromatic rings. The highest BCUT2D eigenvalue weighted by atomic mass is 15.1. The molecule has 1 unspecified atom stereocenters. The van der Waals surface area contributed by atoms with Crippen molar-refractivity contribution in [2.75, 3.05) is 26.2 Å². The zero-order chi connectivity index (χ0) is 15.1. The van der Waals surface area contributed by atoms with Crippen LogP contribution in [0.4, 0.5) is 0 Å². The van der Waals surface area contributed by atoms with Crippen molar-refractivity contribution in [2.45, 2.75) is 52.5 Å². The summed E-state index contributed by atoms with van der Waals surface area (Å²) >= 11 is 0. The molecule has 0 bridgehead atoms. The zero-order valence-corrected chi connectivity index (χ0v) is 14.1. The summed E-state index contributed by atoms with van der Waals surface area (Å²) in [5, 5.41) is 3.67. The number of rotatable bonds is 7. The topological polar surface area (TPSA) is 15.3 Å². The minimum absolute atomic E-state index is 0.449. The maximum Gasteiger partial charge on any atom is 0.0292 e. The highest BCUT2D eigenvalue weighted by molar-refractivity contribution is 5.24. The second-order valence-electron chi connectivity index (χ2n) is 6.69. The van der Waals surface area contributed by atoms with Crippen molar-refractivity contribution in [1.29, 1.82) is 0 Å². The highest BCUT2D eigenvalue weighted by Crippen LogP contribution is 2.16. The van der Waals surface area contributed by atoms with Crippen LogP contribution in [0.3, 0.4) is 0 Å². The van der Waals surface area contributed by atoms with Crippen molar-refractivity contribution in [3.05, 3.63) is 35.4 Å². The third kappa shape index (κ3) is 5.44. The fourth-order valence-corrected chi connectivity index (χ4v) is 3.10. The van der Waals surface area contributed by atoms with Gasteiger partial charge < -0.3 is 10.2 Å². The van der Waals surface area contributed by atoms with Crippen LogP contribution in [0, 0.1) is 5.92 Å². The van der Waals surface area contributed by atoms with Gasteiger partial charge in [-0.2, -0.15) is 0 Å². The van der Waals surface area contributed by atoms with E-state index in [9.17, 15) is 0 Å². The first-order valence-corrected chi connectivity index (χ1v) is 8.73. The molecule has 2 rings (SSSR count). The summed E-state index contributed by atoms with van der Waals surface area (Å²) in [6, 6.07) is 9.58. The molecule has 1 aromatic carbocycles. The Kier molecular flexibility index (Phi) is 6.72. The quantitative estimate of drug-likeness (QED) is 0.815. The minimum atomic E-state index is 0.449. The summed E-state index contributed by atoms with van der Waals surface area (Å²) < 4.78 is 0. The Morgan fingerprint density at radius 1 is 1.19 bits per heavy atom. The lowest BCUT2D eigenvalue weighted by atomic mass is 9.99. The predicted octanol–water partition coefficient (Wildman–Crippen LogP) is 4.02. The molecule has 0 spiro atoms. The van der Waals surface area contributed by atoms with E-state index in [2.05, 4.69) is 55.3 Å². The van der Waals surface area contributed by atoms with Gasteiger partial charge in [-0.25, -0.2) is 0 Å². The summed E-state index contributed by atoms with van der Waals surface area (Å²) in [5.74, 6) is 0.926. The molecule has 1 heterocycles. The fourth-order valence-electron chi connectivity index (χ4n) is 3.10. The second-order valence-corrected chi connectivity index (χ2v) is 6.69. The SMILES string of the molecule is CCCc1ccc(C(C)NCCN2CCC(C)CC2)cc1. The molecule has 1 fully saturated rings. The van der Waals surface area contributed by atoms with E-state index in [1.54, 1.807) is 0 Å². The molecule has 1 N–H and O–H groups in total. The number of likely N-dealkylation sites (tertiary alicyclic amines) is 1. The monoisotopic (exact) mass is 288 g/mol. The molecule has 0 aliphatic carbocycles. The normalized spacial score (nSPS) is 18.8. The van der Waals surface area contributed by atoms with Crippen molar-refractivity contribution in [2.24, 2.45) is 5.92 Å². The van der Waals surface area contributed by atoms with Gasteiger partial charge in [-0.1, -0.05) is 44.5 Å². The maximum absolute atomic E-state index is 3.67. The maximum atomic E-state index is 3.67. The molecule has 1 aliphatic heterocycles. The van der Waals surface area contributed by atoms with Crippen LogP contribution in [0.15, 0.2) is 24.3 Å². The molecule has 2 nitrogen and oxygen atoms in total. The number of aryl methyl sites for hydroxylation is 1. The first kappa shape index (κ1) is 16.5. The Hall–Kier alpha value is -0.860. The summed E-state index contributed by atoms with van der Waals surface area (Å²) in [6.45, 7) is 11.7. The Balaban J connectivity index is 1.70. The van der Waals surface area contributed by atoms with Crippen LogP contribution in [-0.2, 0) is 6.42 Å². The van der Waals surface area contributed by atoms with E-state index >= 15 is 0 Å². The predicted molar refractivity (Wildman–Crippen MR) is 91.7 cm³/mol. The molecule has 0 saturated carbocycles. The van der Waals surface area contributed by atoms with Crippen LogP contribution >= 0.6 is 0 Å². The van der Waals surface area contributed by atoms with Gasteiger partial charge in [0.25, 0.3) is 0 Å². The summed E-state index contributed by atoms with van der Waals surface area (Å²) in [6.07, 6.45) is 5.15. The van der Waals surface area contributed by atoms with Crippen LogP contribution < -0.4 is 5.32 Å². The van der Waals surface area contributed by atoms with Crippen LogP contribution in [0.5, 0.6) is 0 Å². The smallest absolute Gasteiger partial charge is 0.0292 e. The van der Waals surface area contributed by atoms with Gasteiger partial charge in [-0.3, -0.25) is 0 Å². The van der Waals surface area contributed by atoms with Gasteiger partial charge in [0.05, 0.1) is 0 Å². The van der Waals surface area contributed by atoms with Crippen LogP contribution in [-0.4, -0.2) is 31.1 Å². The summed E-state index contributed by atoms with van der Waals surface area (Å²) in [4.78, 5) is 2.60. The van der Waals surface area contributed by atoms with Gasteiger partial charge in [-0.05, 0) is 56.3 Å². The van der Waals surface area contributed by atoms with Gasteiger partial charge in [-0.15, -0.1) is 0 Å². The van der Waals surface area contributed by atoms with Gasteiger partial charge in [0, 0.05) is 19.1 Å². The van der Waals surface area contributed by atoms with Crippen LogP contribution in [0.1, 0.15) is 57.2 Å².